The molecule has 1 aromatic carbocycles. The molecule has 19 heavy (non-hydrogen) atoms. The molecule has 0 amide bonds. The molecule has 0 saturated carbocycles. The van der Waals surface area contributed by atoms with Crippen molar-refractivity contribution in [2.24, 2.45) is 0 Å². The predicted octanol–water partition coefficient (Wildman–Crippen LogP) is 2.09. The topological polar surface area (TPSA) is 53.5 Å². The lowest BCUT2D eigenvalue weighted by Crippen LogP contribution is -1.98. The Bertz CT molecular complexity index is 544. The van der Waals surface area contributed by atoms with Gasteiger partial charge in [0, 0.05) is 30.4 Å². The normalized spacial score (nSPS) is 10.1. The number of hydrogen-bond donors (Lipinski definition) is 0. The van der Waals surface area contributed by atoms with Crippen LogP contribution in [0.4, 0.5) is 0 Å². The van der Waals surface area contributed by atoms with Gasteiger partial charge in [-0.1, -0.05) is 0 Å². The van der Waals surface area contributed by atoms with Crippen LogP contribution in [0.3, 0.4) is 0 Å². The van der Waals surface area contributed by atoms with Gasteiger partial charge in [0.1, 0.15) is 12.1 Å². The third-order valence-corrected chi connectivity index (χ3v) is 2.80. The monoisotopic (exact) mass is 260 g/mol. The summed E-state index contributed by atoms with van der Waals surface area (Å²) >= 11 is 0. The van der Waals surface area contributed by atoms with Gasteiger partial charge in [-0.15, -0.1) is 0 Å². The van der Waals surface area contributed by atoms with E-state index in [-0.39, 0.29) is 0 Å². The van der Waals surface area contributed by atoms with Crippen LogP contribution in [0.15, 0.2) is 30.9 Å². The second-order valence-corrected chi connectivity index (χ2v) is 3.94. The fourth-order valence-electron chi connectivity index (χ4n) is 1.87. The van der Waals surface area contributed by atoms with Crippen molar-refractivity contribution >= 4 is 0 Å². The molecule has 0 bridgehead atoms. The zero-order chi connectivity index (χ0) is 13.7. The number of aromatic nitrogens is 2. The number of rotatable bonds is 5. The fourth-order valence-corrected chi connectivity index (χ4v) is 1.87. The zero-order valence-electron chi connectivity index (χ0n) is 11.2. The summed E-state index contributed by atoms with van der Waals surface area (Å²) in [7, 11) is 4.84. The van der Waals surface area contributed by atoms with Crippen LogP contribution in [-0.2, 0) is 6.42 Å². The maximum absolute atomic E-state index is 5.38. The molecular formula is C14H16N2O3. The maximum Gasteiger partial charge on any atom is 0.164 e. The van der Waals surface area contributed by atoms with Crippen LogP contribution >= 0.6 is 0 Å². The van der Waals surface area contributed by atoms with E-state index in [9.17, 15) is 0 Å². The predicted molar refractivity (Wildman–Crippen MR) is 70.9 cm³/mol. The summed E-state index contributed by atoms with van der Waals surface area (Å²) in [5.41, 5.74) is 2.00. The van der Waals surface area contributed by atoms with E-state index in [1.54, 1.807) is 33.7 Å². The van der Waals surface area contributed by atoms with Crippen LogP contribution in [0.1, 0.15) is 11.1 Å². The van der Waals surface area contributed by atoms with Crippen molar-refractivity contribution in [3.05, 3.63) is 42.0 Å². The molecule has 1 aromatic heterocycles. The Morgan fingerprint density at radius 1 is 0.842 bits per heavy atom. The Morgan fingerprint density at radius 3 is 2.00 bits per heavy atom. The van der Waals surface area contributed by atoms with Crippen molar-refractivity contribution in [1.29, 1.82) is 0 Å². The molecule has 0 aliphatic heterocycles. The van der Waals surface area contributed by atoms with Gasteiger partial charge in [0.05, 0.1) is 21.3 Å². The molecule has 0 aliphatic rings. The summed E-state index contributed by atoms with van der Waals surface area (Å²) < 4.78 is 15.9. The van der Waals surface area contributed by atoms with Gasteiger partial charge in [0.2, 0.25) is 0 Å². The van der Waals surface area contributed by atoms with Gasteiger partial charge in [0.25, 0.3) is 0 Å². The fraction of sp³-hybridized carbons (Fsp3) is 0.286. The van der Waals surface area contributed by atoms with Gasteiger partial charge < -0.3 is 14.2 Å². The molecule has 0 spiro atoms. The van der Waals surface area contributed by atoms with Gasteiger partial charge in [-0.2, -0.15) is 0 Å². The molecule has 0 unspecified atom stereocenters. The van der Waals surface area contributed by atoms with Crippen LogP contribution in [0, 0.1) is 0 Å². The van der Waals surface area contributed by atoms with Gasteiger partial charge in [-0.05, 0) is 11.6 Å². The van der Waals surface area contributed by atoms with E-state index in [0.717, 1.165) is 16.9 Å². The van der Waals surface area contributed by atoms with Crippen molar-refractivity contribution in [2.45, 2.75) is 6.42 Å². The Morgan fingerprint density at radius 2 is 1.42 bits per heavy atom. The number of benzene rings is 1. The van der Waals surface area contributed by atoms with Crippen LogP contribution in [0.25, 0.3) is 0 Å². The van der Waals surface area contributed by atoms with E-state index in [0.29, 0.717) is 17.9 Å². The Balaban J connectivity index is 2.38. The number of nitrogens with zero attached hydrogens (tertiary/aromatic N) is 2. The van der Waals surface area contributed by atoms with Crippen LogP contribution in [0.5, 0.6) is 17.2 Å². The molecule has 2 aromatic rings. The van der Waals surface area contributed by atoms with Crippen molar-refractivity contribution in [1.82, 2.24) is 9.97 Å². The van der Waals surface area contributed by atoms with Gasteiger partial charge in [-0.25, -0.2) is 9.97 Å². The molecular weight excluding hydrogens is 244 g/mol. The van der Waals surface area contributed by atoms with Crippen LogP contribution in [-0.4, -0.2) is 31.3 Å². The third kappa shape index (κ3) is 2.93. The standard InChI is InChI=1S/C14H16N2O3/c1-17-12-6-14(19-3)13(18-2)5-11(12)4-10-7-15-9-16-8-10/h5-9H,4H2,1-3H3. The third-order valence-electron chi connectivity index (χ3n) is 2.80. The van der Waals surface area contributed by atoms with Crippen LogP contribution in [0.2, 0.25) is 0 Å². The van der Waals surface area contributed by atoms with Gasteiger partial charge >= 0.3 is 0 Å². The minimum absolute atomic E-state index is 0.646. The SMILES string of the molecule is COc1cc(OC)c(OC)cc1Cc1cncnc1. The van der Waals surface area contributed by atoms with Gasteiger partial charge in [0.15, 0.2) is 11.5 Å². The lowest BCUT2D eigenvalue weighted by Gasteiger charge is -2.13. The number of methoxy groups -OCH3 is 3. The minimum Gasteiger partial charge on any atom is -0.496 e. The maximum atomic E-state index is 5.38. The minimum atomic E-state index is 0.646. The smallest absolute Gasteiger partial charge is 0.164 e. The molecule has 100 valence electrons. The first kappa shape index (κ1) is 13.1. The highest BCUT2D eigenvalue weighted by Crippen LogP contribution is 2.35. The highest BCUT2D eigenvalue weighted by atomic mass is 16.5. The Kier molecular flexibility index (Phi) is 4.18. The summed E-state index contributed by atoms with van der Waals surface area (Å²) in [5, 5.41) is 0. The molecule has 2 rings (SSSR count). The number of ether oxygens (including phenoxy) is 3. The molecule has 0 N–H and O–H groups in total. The molecule has 0 aliphatic carbocycles. The molecule has 0 radical (unpaired) electrons. The first-order chi connectivity index (χ1) is 9.28. The molecule has 0 fully saturated rings. The van der Waals surface area contributed by atoms with E-state index in [1.165, 1.54) is 6.33 Å². The second-order valence-electron chi connectivity index (χ2n) is 3.94. The quantitative estimate of drug-likeness (QED) is 0.824. The molecule has 0 atom stereocenters. The Hall–Kier alpha value is -2.30. The average Bonchev–Trinajstić information content (AvgIpc) is 2.47. The van der Waals surface area contributed by atoms with E-state index < -0.39 is 0 Å². The summed E-state index contributed by atoms with van der Waals surface area (Å²) in [6, 6.07) is 3.72. The van der Waals surface area contributed by atoms with Crippen LogP contribution < -0.4 is 14.2 Å². The second kappa shape index (κ2) is 6.04. The van der Waals surface area contributed by atoms with Gasteiger partial charge in [-0.3, -0.25) is 0 Å². The van der Waals surface area contributed by atoms with Crippen molar-refractivity contribution in [3.8, 4) is 17.2 Å². The Labute approximate surface area is 112 Å². The summed E-state index contributed by atoms with van der Waals surface area (Å²) in [5.74, 6) is 2.07. The lowest BCUT2D eigenvalue weighted by atomic mass is 10.1. The van der Waals surface area contributed by atoms with E-state index in [1.807, 2.05) is 12.1 Å². The number of hydrogen-bond acceptors (Lipinski definition) is 5. The molecule has 0 saturated heterocycles. The molecule has 5 nitrogen and oxygen atoms in total. The highest BCUT2D eigenvalue weighted by molar-refractivity contribution is 5.51. The van der Waals surface area contributed by atoms with Crippen molar-refractivity contribution in [2.75, 3.05) is 21.3 Å². The van der Waals surface area contributed by atoms with E-state index in [2.05, 4.69) is 9.97 Å². The molecule has 5 heteroatoms. The van der Waals surface area contributed by atoms with Crippen molar-refractivity contribution < 1.29 is 14.2 Å². The lowest BCUT2D eigenvalue weighted by molar-refractivity contribution is 0.348. The first-order valence-corrected chi connectivity index (χ1v) is 5.81. The summed E-state index contributed by atoms with van der Waals surface area (Å²) in [6.07, 6.45) is 5.74. The highest BCUT2D eigenvalue weighted by Gasteiger charge is 2.12. The first-order valence-electron chi connectivity index (χ1n) is 5.81. The van der Waals surface area contributed by atoms with E-state index in [4.69, 9.17) is 14.2 Å². The van der Waals surface area contributed by atoms with E-state index >= 15 is 0 Å². The average molecular weight is 260 g/mol. The largest absolute Gasteiger partial charge is 0.496 e. The zero-order valence-corrected chi connectivity index (χ0v) is 11.2. The summed E-state index contributed by atoms with van der Waals surface area (Å²) in [4.78, 5) is 8.01. The van der Waals surface area contributed by atoms with Crippen molar-refractivity contribution in [3.63, 3.8) is 0 Å². The molecule has 1 heterocycles. The summed E-state index contributed by atoms with van der Waals surface area (Å²) in [6.45, 7) is 0.